The molecular weight excluding hydrogens is 256 g/mol. The lowest BCUT2D eigenvalue weighted by molar-refractivity contribution is 0.0697. The van der Waals surface area contributed by atoms with Gasteiger partial charge in [-0.1, -0.05) is 12.5 Å². The fourth-order valence-electron chi connectivity index (χ4n) is 2.25. The largest absolute Gasteiger partial charge is 0.478 e. The van der Waals surface area contributed by atoms with Crippen molar-refractivity contribution < 1.29 is 14.7 Å². The molecule has 5 nitrogen and oxygen atoms in total. The number of nitrogens with zero attached hydrogens (tertiary/aromatic N) is 1. The maximum absolute atomic E-state index is 12.1. The highest BCUT2D eigenvalue weighted by atomic mass is 16.4. The van der Waals surface area contributed by atoms with Crippen molar-refractivity contribution in [1.82, 2.24) is 4.90 Å². The van der Waals surface area contributed by atoms with Crippen LogP contribution in [0.5, 0.6) is 0 Å². The van der Waals surface area contributed by atoms with Crippen LogP contribution in [0, 0.1) is 12.8 Å². The van der Waals surface area contributed by atoms with E-state index in [0.29, 0.717) is 11.6 Å². The fraction of sp³-hybridized carbons (Fsp3) is 0.467. The fourth-order valence-corrected chi connectivity index (χ4v) is 2.25. The summed E-state index contributed by atoms with van der Waals surface area (Å²) >= 11 is 0. The van der Waals surface area contributed by atoms with Gasteiger partial charge in [0.05, 0.1) is 5.56 Å². The van der Waals surface area contributed by atoms with Gasteiger partial charge in [0.15, 0.2) is 0 Å². The van der Waals surface area contributed by atoms with Gasteiger partial charge in [0.25, 0.3) is 0 Å². The Hall–Kier alpha value is -2.04. The standard InChI is InChI=1S/C15H20N2O3/c1-10-6-7-12(14(18)19)8-13(10)16-15(20)17(2)9-11-4-3-5-11/h6-8,11H,3-5,9H2,1-2H3,(H,16,20)(H,18,19). The van der Waals surface area contributed by atoms with Crippen LogP contribution in [0.4, 0.5) is 10.5 Å². The second kappa shape index (κ2) is 5.94. The molecule has 0 aromatic heterocycles. The summed E-state index contributed by atoms with van der Waals surface area (Å²) in [6.45, 7) is 2.59. The number of aryl methyl sites for hydroxylation is 1. The Morgan fingerprint density at radius 3 is 2.65 bits per heavy atom. The Bertz CT molecular complexity index is 524. The van der Waals surface area contributed by atoms with Crippen molar-refractivity contribution in [3.05, 3.63) is 29.3 Å². The van der Waals surface area contributed by atoms with Crippen molar-refractivity contribution in [1.29, 1.82) is 0 Å². The molecule has 1 aliphatic rings. The van der Waals surface area contributed by atoms with E-state index in [-0.39, 0.29) is 11.6 Å². The van der Waals surface area contributed by atoms with Gasteiger partial charge in [0.1, 0.15) is 0 Å². The molecule has 1 aromatic rings. The SMILES string of the molecule is Cc1ccc(C(=O)O)cc1NC(=O)N(C)CC1CCC1. The highest BCUT2D eigenvalue weighted by Gasteiger charge is 2.21. The maximum atomic E-state index is 12.1. The molecule has 0 spiro atoms. The van der Waals surface area contributed by atoms with Crippen LogP contribution < -0.4 is 5.32 Å². The number of carboxylic acid groups (broad SMARTS) is 1. The summed E-state index contributed by atoms with van der Waals surface area (Å²) in [7, 11) is 1.77. The smallest absolute Gasteiger partial charge is 0.335 e. The Morgan fingerprint density at radius 2 is 2.10 bits per heavy atom. The van der Waals surface area contributed by atoms with Crippen LogP contribution in [-0.2, 0) is 0 Å². The number of nitrogens with one attached hydrogen (secondary N) is 1. The van der Waals surface area contributed by atoms with E-state index in [2.05, 4.69) is 5.32 Å². The first-order chi connectivity index (χ1) is 9.47. The number of carbonyl (C=O) groups excluding carboxylic acids is 1. The van der Waals surface area contributed by atoms with Crippen molar-refractivity contribution in [2.75, 3.05) is 18.9 Å². The van der Waals surface area contributed by atoms with Gasteiger partial charge in [0, 0.05) is 19.3 Å². The van der Waals surface area contributed by atoms with Gasteiger partial charge >= 0.3 is 12.0 Å². The molecule has 1 saturated carbocycles. The minimum Gasteiger partial charge on any atom is -0.478 e. The van der Waals surface area contributed by atoms with Crippen molar-refractivity contribution in [3.8, 4) is 0 Å². The molecule has 5 heteroatoms. The number of rotatable bonds is 4. The Balaban J connectivity index is 2.02. The van der Waals surface area contributed by atoms with Crippen molar-refractivity contribution in [2.45, 2.75) is 26.2 Å². The number of anilines is 1. The summed E-state index contributed by atoms with van der Waals surface area (Å²) in [5, 5.41) is 11.8. The van der Waals surface area contributed by atoms with Crippen LogP contribution in [-0.4, -0.2) is 35.6 Å². The first-order valence-electron chi connectivity index (χ1n) is 6.83. The number of carbonyl (C=O) groups is 2. The monoisotopic (exact) mass is 276 g/mol. The molecule has 0 aliphatic heterocycles. The van der Waals surface area contributed by atoms with E-state index in [1.165, 1.54) is 31.4 Å². The number of hydrogen-bond acceptors (Lipinski definition) is 2. The lowest BCUT2D eigenvalue weighted by Crippen LogP contribution is -2.37. The topological polar surface area (TPSA) is 69.6 Å². The number of amides is 2. The minimum absolute atomic E-state index is 0.174. The van der Waals surface area contributed by atoms with Gasteiger partial charge in [-0.25, -0.2) is 9.59 Å². The predicted octanol–water partition coefficient (Wildman–Crippen LogP) is 2.96. The number of urea groups is 1. The quantitative estimate of drug-likeness (QED) is 0.888. The third kappa shape index (κ3) is 3.29. The lowest BCUT2D eigenvalue weighted by Gasteiger charge is -2.30. The zero-order valence-electron chi connectivity index (χ0n) is 11.8. The van der Waals surface area contributed by atoms with Gasteiger partial charge in [0.2, 0.25) is 0 Å². The molecule has 1 fully saturated rings. The number of carboxylic acids is 1. The molecule has 1 aliphatic carbocycles. The van der Waals surface area contributed by atoms with Crippen LogP contribution in [0.3, 0.4) is 0 Å². The maximum Gasteiger partial charge on any atom is 0.335 e. The number of benzene rings is 1. The molecule has 2 N–H and O–H groups in total. The zero-order valence-corrected chi connectivity index (χ0v) is 11.8. The van der Waals surface area contributed by atoms with E-state index in [0.717, 1.165) is 12.1 Å². The molecule has 0 saturated heterocycles. The molecule has 108 valence electrons. The summed E-state index contributed by atoms with van der Waals surface area (Å²) in [6.07, 6.45) is 3.62. The number of aromatic carboxylic acids is 1. The summed E-state index contributed by atoms with van der Waals surface area (Å²) in [5.74, 6) is -0.388. The van der Waals surface area contributed by atoms with E-state index in [9.17, 15) is 9.59 Å². The lowest BCUT2D eigenvalue weighted by atomic mass is 9.85. The molecule has 1 aromatic carbocycles. The molecule has 20 heavy (non-hydrogen) atoms. The molecule has 0 radical (unpaired) electrons. The van der Waals surface area contributed by atoms with Crippen molar-refractivity contribution in [2.24, 2.45) is 5.92 Å². The molecule has 0 bridgehead atoms. The molecule has 0 heterocycles. The van der Waals surface area contributed by atoms with E-state index in [1.54, 1.807) is 18.0 Å². The predicted molar refractivity (Wildman–Crippen MR) is 77.1 cm³/mol. The molecule has 2 rings (SSSR count). The van der Waals surface area contributed by atoms with E-state index < -0.39 is 5.97 Å². The molecular formula is C15H20N2O3. The van der Waals surface area contributed by atoms with Gasteiger partial charge in [-0.15, -0.1) is 0 Å². The summed E-state index contributed by atoms with van der Waals surface area (Å²) in [4.78, 5) is 24.7. The highest BCUT2D eigenvalue weighted by molar-refractivity contribution is 5.93. The van der Waals surface area contributed by atoms with E-state index >= 15 is 0 Å². The summed E-state index contributed by atoms with van der Waals surface area (Å²) in [6, 6.07) is 4.53. The molecule has 2 amide bonds. The number of hydrogen-bond donors (Lipinski definition) is 2. The van der Waals surface area contributed by atoms with E-state index in [4.69, 9.17) is 5.11 Å². The first-order valence-corrected chi connectivity index (χ1v) is 6.83. The Kier molecular flexibility index (Phi) is 4.27. The normalized spacial score (nSPS) is 14.5. The third-order valence-corrected chi connectivity index (χ3v) is 3.83. The van der Waals surface area contributed by atoms with Crippen LogP contribution in [0.15, 0.2) is 18.2 Å². The molecule has 0 unspecified atom stereocenters. The van der Waals surface area contributed by atoms with Crippen molar-refractivity contribution in [3.63, 3.8) is 0 Å². The summed E-state index contributed by atoms with van der Waals surface area (Å²) < 4.78 is 0. The minimum atomic E-state index is -0.997. The van der Waals surface area contributed by atoms with Gasteiger partial charge < -0.3 is 15.3 Å². The second-order valence-electron chi connectivity index (χ2n) is 5.44. The van der Waals surface area contributed by atoms with Crippen LogP contribution >= 0.6 is 0 Å². The van der Waals surface area contributed by atoms with Crippen LogP contribution in [0.1, 0.15) is 35.2 Å². The van der Waals surface area contributed by atoms with E-state index in [1.807, 2.05) is 6.92 Å². The third-order valence-electron chi connectivity index (χ3n) is 3.83. The average molecular weight is 276 g/mol. The molecule has 0 atom stereocenters. The Labute approximate surface area is 118 Å². The average Bonchev–Trinajstić information content (AvgIpc) is 2.35. The summed E-state index contributed by atoms with van der Waals surface area (Å²) in [5.41, 5.74) is 1.57. The van der Waals surface area contributed by atoms with Crippen molar-refractivity contribution >= 4 is 17.7 Å². The van der Waals surface area contributed by atoms with Gasteiger partial charge in [-0.05, 0) is 43.4 Å². The van der Waals surface area contributed by atoms with Gasteiger partial charge in [-0.2, -0.15) is 0 Å². The van der Waals surface area contributed by atoms with Crippen LogP contribution in [0.25, 0.3) is 0 Å². The zero-order chi connectivity index (χ0) is 14.7. The van der Waals surface area contributed by atoms with Gasteiger partial charge in [-0.3, -0.25) is 0 Å². The highest BCUT2D eigenvalue weighted by Crippen LogP contribution is 2.27. The first kappa shape index (κ1) is 14.4. The van der Waals surface area contributed by atoms with Crippen LogP contribution in [0.2, 0.25) is 0 Å². The Morgan fingerprint density at radius 1 is 1.40 bits per heavy atom. The second-order valence-corrected chi connectivity index (χ2v) is 5.44.